The van der Waals surface area contributed by atoms with Crippen LogP contribution in [0, 0.1) is 6.92 Å². The van der Waals surface area contributed by atoms with Crippen LogP contribution in [0.2, 0.25) is 0 Å². The molecule has 1 aliphatic heterocycles. The van der Waals surface area contributed by atoms with Gasteiger partial charge in [-0.05, 0) is 37.1 Å². The van der Waals surface area contributed by atoms with Crippen LogP contribution in [0.4, 0.5) is 0 Å². The quantitative estimate of drug-likeness (QED) is 0.804. The summed E-state index contributed by atoms with van der Waals surface area (Å²) in [7, 11) is -2.05. The minimum absolute atomic E-state index is 0.0865. The lowest BCUT2D eigenvalue weighted by atomic mass is 10.0. The van der Waals surface area contributed by atoms with Crippen molar-refractivity contribution in [1.82, 2.24) is 4.90 Å². The number of fused-ring (bicyclic) bond motifs is 1. The zero-order chi connectivity index (χ0) is 13.0. The number of sulfonamides is 1. The monoisotopic (exact) mass is 254 g/mol. The van der Waals surface area contributed by atoms with Crippen LogP contribution in [0.3, 0.4) is 0 Å². The van der Waals surface area contributed by atoms with Gasteiger partial charge in [-0.3, -0.25) is 4.79 Å². The number of rotatable bonds is 1. The third-order valence-electron chi connectivity index (χ3n) is 3.24. The number of carbonyl (C=O) groups is 1. The van der Waals surface area contributed by atoms with Crippen molar-refractivity contribution in [3.8, 4) is 0 Å². The van der Waals surface area contributed by atoms with Crippen LogP contribution >= 0.6 is 0 Å². The van der Waals surface area contributed by atoms with Gasteiger partial charge in [0.2, 0.25) is 10.0 Å². The number of benzene rings is 1. The minimum atomic E-state index is -3.74. The molecule has 1 aliphatic rings. The summed E-state index contributed by atoms with van der Waals surface area (Å²) in [5, 5.41) is 5.14. The minimum Gasteiger partial charge on any atom is -0.335 e. The summed E-state index contributed by atoms with van der Waals surface area (Å²) in [5.41, 5.74) is 1.78. The molecular weight excluding hydrogens is 240 g/mol. The zero-order valence-corrected chi connectivity index (χ0v) is 10.7. The highest BCUT2D eigenvalue weighted by molar-refractivity contribution is 7.89. The van der Waals surface area contributed by atoms with Gasteiger partial charge in [0.25, 0.3) is 5.91 Å². The van der Waals surface area contributed by atoms with Gasteiger partial charge in [0.1, 0.15) is 0 Å². The molecule has 1 heterocycles. The fourth-order valence-corrected chi connectivity index (χ4v) is 2.91. The Balaban J connectivity index is 2.72. The summed E-state index contributed by atoms with van der Waals surface area (Å²) in [5.74, 6) is -0.0865. The maximum atomic E-state index is 11.9. The number of hydrogen-bond acceptors (Lipinski definition) is 3. The Morgan fingerprint density at radius 3 is 2.47 bits per heavy atom. The molecule has 1 aromatic carbocycles. The molecular formula is C11H14N2O3S. The average molecular weight is 254 g/mol. The lowest BCUT2D eigenvalue weighted by Gasteiger charge is -2.15. The lowest BCUT2D eigenvalue weighted by molar-refractivity contribution is 0.0784. The second-order valence-corrected chi connectivity index (χ2v) is 5.87. The highest BCUT2D eigenvalue weighted by Crippen LogP contribution is 2.34. The van der Waals surface area contributed by atoms with Gasteiger partial charge < -0.3 is 4.90 Å². The van der Waals surface area contributed by atoms with Crippen LogP contribution in [0.25, 0.3) is 0 Å². The van der Waals surface area contributed by atoms with Crippen molar-refractivity contribution in [1.29, 1.82) is 0 Å². The largest absolute Gasteiger partial charge is 0.335 e. The zero-order valence-electron chi connectivity index (χ0n) is 9.89. The predicted octanol–water partition coefficient (Wildman–Crippen LogP) is 0.789. The van der Waals surface area contributed by atoms with Crippen LogP contribution in [0.5, 0.6) is 0 Å². The van der Waals surface area contributed by atoms with Crippen molar-refractivity contribution < 1.29 is 13.2 Å². The number of nitrogens with two attached hydrogens (primary N) is 1. The molecule has 92 valence electrons. The van der Waals surface area contributed by atoms with Gasteiger partial charge in [-0.2, -0.15) is 0 Å². The van der Waals surface area contributed by atoms with Gasteiger partial charge in [-0.1, -0.05) is 0 Å². The first-order valence-electron chi connectivity index (χ1n) is 5.18. The van der Waals surface area contributed by atoms with Gasteiger partial charge in [0, 0.05) is 12.6 Å². The Bertz CT molecular complexity index is 607. The van der Waals surface area contributed by atoms with E-state index in [1.807, 2.05) is 6.92 Å². The van der Waals surface area contributed by atoms with Crippen LogP contribution in [0.1, 0.15) is 34.5 Å². The normalized spacial score (nSPS) is 19.6. The maximum Gasteiger partial charge on any atom is 0.254 e. The molecule has 6 heteroatoms. The van der Waals surface area contributed by atoms with Crippen molar-refractivity contribution in [3.63, 3.8) is 0 Å². The van der Waals surface area contributed by atoms with Crippen molar-refractivity contribution in [3.05, 3.63) is 28.8 Å². The number of carbonyl (C=O) groups excluding carboxylic acids is 1. The Labute approximate surface area is 100 Å². The number of nitrogens with zero attached hydrogens (tertiary/aromatic N) is 1. The molecule has 0 fully saturated rings. The Kier molecular flexibility index (Phi) is 2.52. The summed E-state index contributed by atoms with van der Waals surface area (Å²) in [6.45, 7) is 3.49. The Morgan fingerprint density at radius 1 is 1.35 bits per heavy atom. The van der Waals surface area contributed by atoms with Crippen molar-refractivity contribution in [2.24, 2.45) is 5.14 Å². The number of aryl methyl sites for hydroxylation is 1. The predicted molar refractivity (Wildman–Crippen MR) is 63.1 cm³/mol. The molecule has 0 bridgehead atoms. The first-order chi connectivity index (χ1) is 7.73. The summed E-state index contributed by atoms with van der Waals surface area (Å²) in [4.78, 5) is 13.5. The average Bonchev–Trinajstić information content (AvgIpc) is 2.41. The van der Waals surface area contributed by atoms with Crippen molar-refractivity contribution in [2.45, 2.75) is 24.8 Å². The lowest BCUT2D eigenvalue weighted by Crippen LogP contribution is -2.20. The first kappa shape index (κ1) is 12.1. The summed E-state index contributed by atoms with van der Waals surface area (Å²) >= 11 is 0. The SMILES string of the molecule is Cc1cc2c(cc1S(N)(=O)=O)C(C)N(C)C2=O. The molecule has 0 aromatic heterocycles. The molecule has 0 aliphatic carbocycles. The van der Waals surface area contributed by atoms with E-state index in [4.69, 9.17) is 5.14 Å². The Morgan fingerprint density at radius 2 is 1.94 bits per heavy atom. The number of amides is 1. The Hall–Kier alpha value is -1.40. The van der Waals surface area contributed by atoms with E-state index < -0.39 is 10.0 Å². The van der Waals surface area contributed by atoms with E-state index in [0.717, 1.165) is 0 Å². The highest BCUT2D eigenvalue weighted by Gasteiger charge is 2.32. The van der Waals surface area contributed by atoms with E-state index in [0.29, 0.717) is 16.7 Å². The molecule has 1 amide bonds. The standard InChI is InChI=1S/C11H14N2O3S/c1-6-4-9-8(5-10(6)17(12,15)16)7(2)13(3)11(9)14/h4-5,7H,1-3H3,(H2,12,15,16). The molecule has 5 nitrogen and oxygen atoms in total. The second kappa shape index (κ2) is 3.54. The number of hydrogen-bond donors (Lipinski definition) is 1. The smallest absolute Gasteiger partial charge is 0.254 e. The molecule has 1 atom stereocenters. The summed E-state index contributed by atoms with van der Waals surface area (Å²) in [6, 6.07) is 2.97. The molecule has 0 radical (unpaired) electrons. The highest BCUT2D eigenvalue weighted by atomic mass is 32.2. The topological polar surface area (TPSA) is 80.5 Å². The van der Waals surface area contributed by atoms with Crippen LogP contribution < -0.4 is 5.14 Å². The first-order valence-corrected chi connectivity index (χ1v) is 6.72. The van der Waals surface area contributed by atoms with Crippen molar-refractivity contribution >= 4 is 15.9 Å². The van der Waals surface area contributed by atoms with Gasteiger partial charge in [-0.25, -0.2) is 13.6 Å². The van der Waals surface area contributed by atoms with Gasteiger partial charge in [0.15, 0.2) is 0 Å². The van der Waals surface area contributed by atoms with Crippen LogP contribution in [0.15, 0.2) is 17.0 Å². The van der Waals surface area contributed by atoms with E-state index in [2.05, 4.69) is 0 Å². The van der Waals surface area contributed by atoms with E-state index in [9.17, 15) is 13.2 Å². The van der Waals surface area contributed by atoms with Gasteiger partial charge in [0.05, 0.1) is 10.9 Å². The van der Waals surface area contributed by atoms with Crippen LogP contribution in [-0.2, 0) is 10.0 Å². The third-order valence-corrected chi connectivity index (χ3v) is 4.29. The van der Waals surface area contributed by atoms with E-state index in [1.165, 1.54) is 6.07 Å². The second-order valence-electron chi connectivity index (χ2n) is 4.34. The number of primary sulfonamides is 1. The summed E-state index contributed by atoms with van der Waals surface area (Å²) in [6.07, 6.45) is 0. The van der Waals surface area contributed by atoms with Gasteiger partial charge in [-0.15, -0.1) is 0 Å². The van der Waals surface area contributed by atoms with Gasteiger partial charge >= 0.3 is 0 Å². The van der Waals surface area contributed by atoms with E-state index in [-0.39, 0.29) is 16.8 Å². The molecule has 17 heavy (non-hydrogen) atoms. The fourth-order valence-electron chi connectivity index (χ4n) is 2.12. The molecule has 2 N–H and O–H groups in total. The molecule has 1 aromatic rings. The van der Waals surface area contributed by atoms with Crippen LogP contribution in [-0.4, -0.2) is 26.3 Å². The molecule has 0 saturated carbocycles. The third kappa shape index (κ3) is 1.73. The summed E-state index contributed by atoms with van der Waals surface area (Å²) < 4.78 is 22.8. The molecule has 1 unspecified atom stereocenters. The van der Waals surface area contributed by atoms with E-state index in [1.54, 1.807) is 24.9 Å². The van der Waals surface area contributed by atoms with Crippen molar-refractivity contribution in [2.75, 3.05) is 7.05 Å². The molecule has 2 rings (SSSR count). The maximum absolute atomic E-state index is 11.9. The fraction of sp³-hybridized carbons (Fsp3) is 0.364. The van der Waals surface area contributed by atoms with E-state index >= 15 is 0 Å². The molecule has 0 saturated heterocycles. The molecule has 0 spiro atoms.